The van der Waals surface area contributed by atoms with Crippen LogP contribution in [0, 0.1) is 6.92 Å². The van der Waals surface area contributed by atoms with Crippen LogP contribution in [0.15, 0.2) is 72.8 Å². The molecule has 140 valence electrons. The van der Waals surface area contributed by atoms with Gasteiger partial charge in [0.05, 0.1) is 5.52 Å². The molecule has 3 aromatic carbocycles. The first-order chi connectivity index (χ1) is 13.5. The monoisotopic (exact) mass is 389 g/mol. The number of aryl methyl sites for hydroxylation is 1. The highest BCUT2D eigenvalue weighted by Gasteiger charge is 2.21. The maximum absolute atomic E-state index is 12.9. The number of hydrogen-bond acceptors (Lipinski definition) is 2. The van der Waals surface area contributed by atoms with Crippen molar-refractivity contribution in [3.8, 4) is 11.3 Å². The van der Waals surface area contributed by atoms with E-state index >= 15 is 0 Å². The largest absolute Gasteiger partial charge is 0.324 e. The molecule has 0 spiro atoms. The summed E-state index contributed by atoms with van der Waals surface area (Å²) in [6, 6.07) is 22.8. The summed E-state index contributed by atoms with van der Waals surface area (Å²) in [5.74, 6) is -0.117. The fraction of sp³-hybridized carbons (Fsp3) is 0.130. The molecule has 5 heteroatoms. The molecule has 0 fully saturated rings. The SMILES string of the molecule is Cc1ccccc1NC(=O)[C@H](C)n1nc(-c2ccccc2)c2cc(Cl)ccc21. The Labute approximate surface area is 168 Å². The number of hydrogen-bond donors (Lipinski definition) is 1. The van der Waals surface area contributed by atoms with Crippen molar-refractivity contribution in [1.82, 2.24) is 9.78 Å². The summed E-state index contributed by atoms with van der Waals surface area (Å²) in [5.41, 5.74) is 4.50. The molecular weight excluding hydrogens is 370 g/mol. The third-order valence-corrected chi connectivity index (χ3v) is 5.10. The Morgan fingerprint density at radius 3 is 2.50 bits per heavy atom. The van der Waals surface area contributed by atoms with E-state index in [1.54, 1.807) is 4.68 Å². The van der Waals surface area contributed by atoms with Gasteiger partial charge in [0, 0.05) is 21.7 Å². The van der Waals surface area contributed by atoms with Crippen molar-refractivity contribution in [3.63, 3.8) is 0 Å². The predicted octanol–water partition coefficient (Wildman–Crippen LogP) is 5.86. The Bertz CT molecular complexity index is 1150. The number of anilines is 1. The van der Waals surface area contributed by atoms with Gasteiger partial charge < -0.3 is 5.32 Å². The molecule has 0 aliphatic carbocycles. The highest BCUT2D eigenvalue weighted by molar-refractivity contribution is 6.31. The Kier molecular flexibility index (Phi) is 4.88. The number of benzene rings is 3. The number of rotatable bonds is 4. The van der Waals surface area contributed by atoms with E-state index in [0.29, 0.717) is 5.02 Å². The van der Waals surface area contributed by atoms with Crippen molar-refractivity contribution >= 4 is 34.1 Å². The Morgan fingerprint density at radius 2 is 1.75 bits per heavy atom. The number of carbonyl (C=O) groups is 1. The number of nitrogens with zero attached hydrogens (tertiary/aromatic N) is 2. The number of nitrogens with one attached hydrogen (secondary N) is 1. The zero-order valence-corrected chi connectivity index (χ0v) is 16.4. The van der Waals surface area contributed by atoms with Gasteiger partial charge in [0.25, 0.3) is 0 Å². The number of halogens is 1. The fourth-order valence-corrected chi connectivity index (χ4v) is 3.45. The molecule has 1 N–H and O–H groups in total. The van der Waals surface area contributed by atoms with Crippen LogP contribution in [-0.4, -0.2) is 15.7 Å². The third kappa shape index (κ3) is 3.39. The van der Waals surface area contributed by atoms with E-state index in [0.717, 1.165) is 33.4 Å². The average molecular weight is 390 g/mol. The van der Waals surface area contributed by atoms with E-state index < -0.39 is 6.04 Å². The minimum Gasteiger partial charge on any atom is -0.324 e. The highest BCUT2D eigenvalue weighted by Crippen LogP contribution is 2.32. The van der Waals surface area contributed by atoms with Gasteiger partial charge in [-0.05, 0) is 43.7 Å². The summed E-state index contributed by atoms with van der Waals surface area (Å²) >= 11 is 6.24. The second kappa shape index (κ2) is 7.49. The van der Waals surface area contributed by atoms with Crippen molar-refractivity contribution in [3.05, 3.63) is 83.4 Å². The van der Waals surface area contributed by atoms with Crippen LogP contribution >= 0.6 is 11.6 Å². The molecule has 0 saturated heterocycles. The normalized spacial score (nSPS) is 12.1. The summed E-state index contributed by atoms with van der Waals surface area (Å²) in [6.07, 6.45) is 0. The first kappa shape index (κ1) is 18.3. The van der Waals surface area contributed by atoms with Gasteiger partial charge in [-0.25, -0.2) is 0 Å². The molecule has 0 aliphatic heterocycles. The van der Waals surface area contributed by atoms with Gasteiger partial charge >= 0.3 is 0 Å². The lowest BCUT2D eigenvalue weighted by molar-refractivity contribution is -0.118. The van der Waals surface area contributed by atoms with E-state index in [-0.39, 0.29) is 5.91 Å². The number of para-hydroxylation sites is 1. The lowest BCUT2D eigenvalue weighted by Gasteiger charge is -2.15. The minimum absolute atomic E-state index is 0.117. The Hall–Kier alpha value is -3.11. The Morgan fingerprint density at radius 1 is 1.04 bits per heavy atom. The highest BCUT2D eigenvalue weighted by atomic mass is 35.5. The molecule has 0 bridgehead atoms. The molecule has 1 amide bonds. The minimum atomic E-state index is -0.485. The summed E-state index contributed by atoms with van der Waals surface area (Å²) in [6.45, 7) is 3.82. The van der Waals surface area contributed by atoms with E-state index in [9.17, 15) is 4.79 Å². The van der Waals surface area contributed by atoms with Gasteiger partial charge in [0.2, 0.25) is 5.91 Å². The lowest BCUT2D eigenvalue weighted by Crippen LogP contribution is -2.24. The zero-order valence-electron chi connectivity index (χ0n) is 15.7. The van der Waals surface area contributed by atoms with Crippen molar-refractivity contribution in [1.29, 1.82) is 0 Å². The van der Waals surface area contributed by atoms with Gasteiger partial charge in [-0.15, -0.1) is 0 Å². The van der Waals surface area contributed by atoms with Crippen molar-refractivity contribution in [2.24, 2.45) is 0 Å². The summed E-state index contributed by atoms with van der Waals surface area (Å²) < 4.78 is 1.77. The average Bonchev–Trinajstić information content (AvgIpc) is 3.08. The van der Waals surface area contributed by atoms with Crippen LogP contribution in [0.3, 0.4) is 0 Å². The summed E-state index contributed by atoms with van der Waals surface area (Å²) in [7, 11) is 0. The first-order valence-corrected chi connectivity index (χ1v) is 9.52. The molecule has 1 aromatic heterocycles. The van der Waals surface area contributed by atoms with Crippen molar-refractivity contribution in [2.45, 2.75) is 19.9 Å². The molecular formula is C23H20ClN3O. The molecule has 4 rings (SSSR count). The van der Waals surface area contributed by atoms with Crippen LogP contribution in [0.4, 0.5) is 5.69 Å². The van der Waals surface area contributed by atoms with Crippen LogP contribution in [-0.2, 0) is 4.79 Å². The number of fused-ring (bicyclic) bond motifs is 1. The van der Waals surface area contributed by atoms with Crippen molar-refractivity contribution in [2.75, 3.05) is 5.32 Å². The lowest BCUT2D eigenvalue weighted by atomic mass is 10.1. The van der Waals surface area contributed by atoms with Crippen LogP contribution < -0.4 is 5.32 Å². The standard InChI is InChI=1S/C23H20ClN3O/c1-15-8-6-7-11-20(15)25-23(28)16(2)27-21-13-12-18(24)14-19(21)22(26-27)17-9-4-3-5-10-17/h3-14,16H,1-2H3,(H,25,28)/t16-/m0/s1. The van der Waals surface area contributed by atoms with Gasteiger partial charge in [0.1, 0.15) is 11.7 Å². The topological polar surface area (TPSA) is 46.9 Å². The first-order valence-electron chi connectivity index (χ1n) is 9.14. The van der Waals surface area contributed by atoms with Gasteiger partial charge in [-0.3, -0.25) is 9.48 Å². The smallest absolute Gasteiger partial charge is 0.248 e. The summed E-state index contributed by atoms with van der Waals surface area (Å²) in [4.78, 5) is 12.9. The number of amides is 1. The van der Waals surface area contributed by atoms with Crippen molar-refractivity contribution < 1.29 is 4.79 Å². The molecule has 28 heavy (non-hydrogen) atoms. The maximum Gasteiger partial charge on any atom is 0.248 e. The number of aromatic nitrogens is 2. The van der Waals surface area contributed by atoms with Gasteiger partial charge in [-0.1, -0.05) is 60.1 Å². The molecule has 4 nitrogen and oxygen atoms in total. The molecule has 0 saturated carbocycles. The number of carbonyl (C=O) groups excluding carboxylic acids is 1. The quantitative estimate of drug-likeness (QED) is 0.474. The molecule has 0 radical (unpaired) electrons. The van der Waals surface area contributed by atoms with Gasteiger partial charge in [0.15, 0.2) is 0 Å². The molecule has 0 aliphatic rings. The molecule has 1 atom stereocenters. The fourth-order valence-electron chi connectivity index (χ4n) is 3.28. The molecule has 4 aromatic rings. The zero-order chi connectivity index (χ0) is 19.7. The third-order valence-electron chi connectivity index (χ3n) is 4.86. The second-order valence-corrected chi connectivity index (χ2v) is 7.24. The van der Waals surface area contributed by atoms with Crippen LogP contribution in [0.5, 0.6) is 0 Å². The van der Waals surface area contributed by atoms with Crippen LogP contribution in [0.2, 0.25) is 5.02 Å². The molecule has 1 heterocycles. The van der Waals surface area contributed by atoms with Gasteiger partial charge in [-0.2, -0.15) is 5.10 Å². The van der Waals surface area contributed by atoms with Crippen LogP contribution in [0.25, 0.3) is 22.2 Å². The van der Waals surface area contributed by atoms with Crippen LogP contribution in [0.1, 0.15) is 18.5 Å². The Balaban J connectivity index is 1.76. The predicted molar refractivity (Wildman–Crippen MR) is 115 cm³/mol. The van der Waals surface area contributed by atoms with E-state index in [4.69, 9.17) is 16.7 Å². The van der Waals surface area contributed by atoms with E-state index in [1.807, 2.05) is 86.6 Å². The summed E-state index contributed by atoms with van der Waals surface area (Å²) in [5, 5.41) is 9.36. The maximum atomic E-state index is 12.9. The van der Waals surface area contributed by atoms with E-state index in [2.05, 4.69) is 5.32 Å². The van der Waals surface area contributed by atoms with E-state index in [1.165, 1.54) is 0 Å². The second-order valence-electron chi connectivity index (χ2n) is 6.80. The molecule has 0 unspecified atom stereocenters.